The summed E-state index contributed by atoms with van der Waals surface area (Å²) in [5, 5.41) is 12.2. The Morgan fingerprint density at radius 3 is 2.76 bits per heavy atom. The lowest BCUT2D eigenvalue weighted by molar-refractivity contribution is 0.167. The first-order valence-electron chi connectivity index (χ1n) is 6.46. The molecule has 0 saturated heterocycles. The van der Waals surface area contributed by atoms with E-state index >= 15 is 0 Å². The molecule has 2 rings (SSSR count). The van der Waals surface area contributed by atoms with Gasteiger partial charge >= 0.3 is 0 Å². The molecule has 0 aliphatic heterocycles. The lowest BCUT2D eigenvalue weighted by Crippen LogP contribution is -1.94. The predicted molar refractivity (Wildman–Crippen MR) is 78.0 cm³/mol. The van der Waals surface area contributed by atoms with E-state index in [1.807, 2.05) is 0 Å². The molecule has 0 aliphatic rings. The van der Waals surface area contributed by atoms with Crippen molar-refractivity contribution in [2.75, 3.05) is 0 Å². The molecular formula is C14H20OS2. The maximum absolute atomic E-state index is 10.1. The van der Waals surface area contributed by atoms with Crippen molar-refractivity contribution >= 4 is 32.1 Å². The highest BCUT2D eigenvalue weighted by Crippen LogP contribution is 2.34. The predicted octanol–water partition coefficient (Wildman–Crippen LogP) is 5.36. The molecule has 0 radical (unpaired) electrons. The molecular weight excluding hydrogens is 248 g/mol. The summed E-state index contributed by atoms with van der Waals surface area (Å²) in [7, 11) is 0. The lowest BCUT2D eigenvalue weighted by Gasteiger charge is -2.07. The van der Waals surface area contributed by atoms with Gasteiger partial charge in [0.05, 0.1) is 6.10 Å². The van der Waals surface area contributed by atoms with Gasteiger partial charge in [-0.15, -0.1) is 22.7 Å². The minimum atomic E-state index is -0.249. The van der Waals surface area contributed by atoms with Crippen LogP contribution in [0.15, 0.2) is 17.5 Å². The van der Waals surface area contributed by atoms with Gasteiger partial charge in [-0.2, -0.15) is 0 Å². The Kier molecular flexibility index (Phi) is 5.01. The van der Waals surface area contributed by atoms with Crippen molar-refractivity contribution in [1.82, 2.24) is 0 Å². The molecule has 0 bridgehead atoms. The molecule has 0 saturated carbocycles. The zero-order valence-electron chi connectivity index (χ0n) is 10.3. The molecule has 1 nitrogen and oxygen atoms in total. The minimum absolute atomic E-state index is 0.249. The molecule has 1 unspecified atom stereocenters. The third-order valence-corrected chi connectivity index (χ3v) is 5.26. The summed E-state index contributed by atoms with van der Waals surface area (Å²) >= 11 is 3.50. The van der Waals surface area contributed by atoms with Crippen LogP contribution in [0.2, 0.25) is 0 Å². The maximum Gasteiger partial charge on any atom is 0.0882 e. The van der Waals surface area contributed by atoms with Gasteiger partial charge in [-0.25, -0.2) is 0 Å². The van der Waals surface area contributed by atoms with Crippen molar-refractivity contribution in [3.8, 4) is 0 Å². The molecule has 2 heterocycles. The molecule has 1 N–H and O–H groups in total. The molecule has 2 aromatic rings. The third kappa shape index (κ3) is 3.54. The zero-order valence-corrected chi connectivity index (χ0v) is 11.9. The van der Waals surface area contributed by atoms with Crippen molar-refractivity contribution in [3.05, 3.63) is 22.4 Å². The molecule has 0 spiro atoms. The molecule has 17 heavy (non-hydrogen) atoms. The van der Waals surface area contributed by atoms with E-state index in [1.165, 1.54) is 35.1 Å². The first kappa shape index (κ1) is 13.1. The Balaban J connectivity index is 1.79. The first-order valence-corrected chi connectivity index (χ1v) is 8.16. The van der Waals surface area contributed by atoms with Crippen LogP contribution in [-0.2, 0) is 0 Å². The van der Waals surface area contributed by atoms with E-state index in [9.17, 15) is 5.11 Å². The number of thiophene rings is 2. The van der Waals surface area contributed by atoms with E-state index < -0.39 is 0 Å². The van der Waals surface area contributed by atoms with Gasteiger partial charge in [0.25, 0.3) is 0 Å². The highest BCUT2D eigenvalue weighted by atomic mass is 32.1. The van der Waals surface area contributed by atoms with Gasteiger partial charge in [0.15, 0.2) is 0 Å². The van der Waals surface area contributed by atoms with Gasteiger partial charge in [0.2, 0.25) is 0 Å². The lowest BCUT2D eigenvalue weighted by atomic mass is 10.1. The second-order valence-corrected chi connectivity index (χ2v) is 6.58. The second kappa shape index (κ2) is 6.53. The number of aliphatic hydroxyl groups is 1. The fraction of sp³-hybridized carbons (Fsp3) is 0.571. The van der Waals surface area contributed by atoms with Gasteiger partial charge in [-0.3, -0.25) is 0 Å². The second-order valence-electron chi connectivity index (χ2n) is 4.52. The monoisotopic (exact) mass is 268 g/mol. The van der Waals surface area contributed by atoms with Crippen LogP contribution in [-0.4, -0.2) is 5.11 Å². The number of hydrogen-bond donors (Lipinski definition) is 1. The van der Waals surface area contributed by atoms with E-state index in [0.29, 0.717) is 0 Å². The van der Waals surface area contributed by atoms with Gasteiger partial charge in [0, 0.05) is 14.3 Å². The summed E-state index contributed by atoms with van der Waals surface area (Å²) in [4.78, 5) is 1.14. The average Bonchev–Trinajstić information content (AvgIpc) is 2.88. The number of fused-ring (bicyclic) bond motifs is 1. The normalized spacial score (nSPS) is 13.3. The SMILES string of the molecule is CCCCCCCC(O)c1cc2sccc2s1. The Bertz CT molecular complexity index is 415. The zero-order chi connectivity index (χ0) is 12.1. The van der Waals surface area contributed by atoms with Crippen molar-refractivity contribution in [2.45, 2.75) is 51.6 Å². The van der Waals surface area contributed by atoms with E-state index in [0.717, 1.165) is 17.7 Å². The fourth-order valence-corrected chi connectivity index (χ4v) is 4.17. The van der Waals surface area contributed by atoms with Crippen LogP contribution in [0.25, 0.3) is 9.40 Å². The number of rotatable bonds is 7. The van der Waals surface area contributed by atoms with Crippen LogP contribution in [0.4, 0.5) is 0 Å². The fourth-order valence-electron chi connectivity index (χ4n) is 2.03. The smallest absolute Gasteiger partial charge is 0.0882 e. The molecule has 0 aromatic carbocycles. The van der Waals surface area contributed by atoms with E-state index in [2.05, 4.69) is 24.4 Å². The van der Waals surface area contributed by atoms with Crippen molar-refractivity contribution < 1.29 is 5.11 Å². The molecule has 2 aromatic heterocycles. The van der Waals surface area contributed by atoms with Crippen LogP contribution >= 0.6 is 22.7 Å². The van der Waals surface area contributed by atoms with Gasteiger partial charge < -0.3 is 5.11 Å². The van der Waals surface area contributed by atoms with E-state index in [4.69, 9.17) is 0 Å². The summed E-state index contributed by atoms with van der Waals surface area (Å²) in [5.74, 6) is 0. The van der Waals surface area contributed by atoms with Crippen LogP contribution in [0.5, 0.6) is 0 Å². The van der Waals surface area contributed by atoms with Crippen LogP contribution in [0.1, 0.15) is 56.4 Å². The summed E-state index contributed by atoms with van der Waals surface area (Å²) in [5.41, 5.74) is 0. The molecule has 1 atom stereocenters. The number of hydrogen-bond acceptors (Lipinski definition) is 3. The summed E-state index contributed by atoms with van der Waals surface area (Å²) in [6.45, 7) is 2.23. The van der Waals surface area contributed by atoms with Crippen LogP contribution in [0, 0.1) is 0 Å². The van der Waals surface area contributed by atoms with Crippen molar-refractivity contribution in [2.24, 2.45) is 0 Å². The molecule has 94 valence electrons. The molecule has 0 fully saturated rings. The van der Waals surface area contributed by atoms with Gasteiger partial charge in [-0.05, 0) is 23.9 Å². The van der Waals surface area contributed by atoms with Crippen LogP contribution < -0.4 is 0 Å². The minimum Gasteiger partial charge on any atom is -0.388 e. The Labute approximate surface area is 111 Å². The van der Waals surface area contributed by atoms with Crippen molar-refractivity contribution in [3.63, 3.8) is 0 Å². The maximum atomic E-state index is 10.1. The highest BCUT2D eigenvalue weighted by molar-refractivity contribution is 7.26. The van der Waals surface area contributed by atoms with Crippen LogP contribution in [0.3, 0.4) is 0 Å². The summed E-state index contributed by atoms with van der Waals surface area (Å²) < 4.78 is 2.63. The molecule has 3 heteroatoms. The van der Waals surface area contributed by atoms with Gasteiger partial charge in [0.1, 0.15) is 0 Å². The van der Waals surface area contributed by atoms with E-state index in [-0.39, 0.29) is 6.10 Å². The number of aliphatic hydroxyl groups excluding tert-OH is 1. The Morgan fingerprint density at radius 2 is 2.00 bits per heavy atom. The molecule has 0 amide bonds. The first-order chi connectivity index (χ1) is 8.31. The largest absolute Gasteiger partial charge is 0.388 e. The Morgan fingerprint density at radius 1 is 1.18 bits per heavy atom. The van der Waals surface area contributed by atoms with Crippen molar-refractivity contribution in [1.29, 1.82) is 0 Å². The standard InChI is InChI=1S/C14H20OS2/c1-2-3-4-5-6-7-11(15)13-10-14-12(17-13)8-9-16-14/h8-11,15H,2-7H2,1H3. The van der Waals surface area contributed by atoms with Gasteiger partial charge in [-0.1, -0.05) is 39.0 Å². The average molecular weight is 268 g/mol. The Hall–Kier alpha value is -0.380. The topological polar surface area (TPSA) is 20.2 Å². The highest BCUT2D eigenvalue weighted by Gasteiger charge is 2.11. The molecule has 0 aliphatic carbocycles. The number of unbranched alkanes of at least 4 members (excludes halogenated alkanes) is 4. The summed E-state index contributed by atoms with van der Waals surface area (Å²) in [6, 6.07) is 4.30. The quantitative estimate of drug-likeness (QED) is 0.670. The third-order valence-electron chi connectivity index (χ3n) is 3.07. The van der Waals surface area contributed by atoms with E-state index in [1.54, 1.807) is 22.7 Å². The summed E-state index contributed by atoms with van der Waals surface area (Å²) in [6.07, 6.45) is 6.98.